The van der Waals surface area contributed by atoms with E-state index in [0.717, 1.165) is 17.9 Å². The topological polar surface area (TPSA) is 52.6 Å². The fourth-order valence-electron chi connectivity index (χ4n) is 3.14. The molecule has 0 aliphatic heterocycles. The Hall–Kier alpha value is -0.597. The van der Waals surface area contributed by atoms with Gasteiger partial charge < -0.3 is 9.47 Å². The van der Waals surface area contributed by atoms with Crippen LogP contribution in [0.25, 0.3) is 0 Å². The van der Waals surface area contributed by atoms with Gasteiger partial charge in [0.15, 0.2) is 5.41 Å². The van der Waals surface area contributed by atoms with Crippen molar-refractivity contribution in [3.63, 3.8) is 0 Å². The Labute approximate surface area is 177 Å². The van der Waals surface area contributed by atoms with Gasteiger partial charge in [-0.2, -0.15) is 0 Å². The largest absolute Gasteiger partial charge is 0.468 e. The minimum atomic E-state index is -1.45. The molecule has 0 amide bonds. The summed E-state index contributed by atoms with van der Waals surface area (Å²) in [5.41, 5.74) is -0.133. The third-order valence-electron chi connectivity index (χ3n) is 4.16. The first-order valence-electron chi connectivity index (χ1n) is 8.95. The van der Waals surface area contributed by atoms with Crippen molar-refractivity contribution in [3.8, 4) is 0 Å². The predicted octanol–water partition coefficient (Wildman–Crippen LogP) is 4.12. The minimum absolute atomic E-state index is 0. The maximum Gasteiger partial charge on any atom is 0.323 e. The van der Waals surface area contributed by atoms with E-state index in [1.54, 1.807) is 0 Å². The molecule has 152 valence electrons. The van der Waals surface area contributed by atoms with Gasteiger partial charge in [-0.3, -0.25) is 9.59 Å². The molecule has 8 radical (unpaired) electrons. The summed E-state index contributed by atoms with van der Waals surface area (Å²) in [5, 5.41) is 0. The molecular weight excluding hydrogens is 403 g/mol. The maximum atomic E-state index is 12.2. The standard InChI is InChI=1S/C16H26O4Si.C5H5.Co/c1-7-8-12-9-16(14(17)19-2,15(18)20-3)10-13(12)11-21(4,5)6;1-2-4-5-3-1;/h8,11H,7,9-10H2,1-6H3;1-5H;/b12-8+;;. The number of methoxy groups -OCH3 is 2. The zero-order chi connectivity index (χ0) is 19.8. The third-order valence-corrected chi connectivity index (χ3v) is 5.38. The van der Waals surface area contributed by atoms with Gasteiger partial charge in [0.2, 0.25) is 0 Å². The predicted molar refractivity (Wildman–Crippen MR) is 106 cm³/mol. The SMILES string of the molecule is CC/C=C1\CC(C(=O)OC)(C(=O)OC)C[C]1[CH][Si](C)(C)C.[CH]1[CH][CH][CH][CH]1.[Co]. The van der Waals surface area contributed by atoms with Gasteiger partial charge in [0, 0.05) is 30.8 Å². The number of allylic oxidation sites excluding steroid dienone is 2. The van der Waals surface area contributed by atoms with Gasteiger partial charge in [-0.05, 0) is 57.4 Å². The second-order valence-electron chi connectivity index (χ2n) is 7.55. The summed E-state index contributed by atoms with van der Waals surface area (Å²) in [4.78, 5) is 24.5. The molecule has 2 aliphatic rings. The van der Waals surface area contributed by atoms with Crippen molar-refractivity contribution in [3.05, 3.63) is 55.7 Å². The number of rotatable bonds is 5. The molecule has 0 aromatic carbocycles. The molecule has 0 aromatic rings. The number of esters is 2. The van der Waals surface area contributed by atoms with Crippen molar-refractivity contribution in [1.82, 2.24) is 0 Å². The first-order valence-corrected chi connectivity index (χ1v) is 12.5. The molecular formula is C21H31CoO4Si. The molecule has 2 rings (SSSR count). The van der Waals surface area contributed by atoms with Crippen LogP contribution in [0.4, 0.5) is 0 Å². The molecule has 0 spiro atoms. The van der Waals surface area contributed by atoms with Crippen LogP contribution in [0.2, 0.25) is 19.6 Å². The van der Waals surface area contributed by atoms with Gasteiger partial charge in [0.25, 0.3) is 0 Å². The Morgan fingerprint density at radius 2 is 1.44 bits per heavy atom. The zero-order valence-corrected chi connectivity index (χ0v) is 19.2. The van der Waals surface area contributed by atoms with Gasteiger partial charge >= 0.3 is 11.9 Å². The number of carbonyl (C=O) groups excluding carboxylic acids is 2. The number of hydrogen-bond acceptors (Lipinski definition) is 4. The number of hydrogen-bond donors (Lipinski definition) is 0. The molecule has 2 fully saturated rings. The van der Waals surface area contributed by atoms with Gasteiger partial charge in [0.05, 0.1) is 14.2 Å². The van der Waals surface area contributed by atoms with Crippen molar-refractivity contribution < 1.29 is 35.8 Å². The normalized spacial score (nSPS) is 20.4. The Morgan fingerprint density at radius 3 is 1.78 bits per heavy atom. The smallest absolute Gasteiger partial charge is 0.323 e. The van der Waals surface area contributed by atoms with Gasteiger partial charge in [-0.15, -0.1) is 0 Å². The van der Waals surface area contributed by atoms with E-state index in [1.807, 2.05) is 32.1 Å². The van der Waals surface area contributed by atoms with E-state index >= 15 is 0 Å². The van der Waals surface area contributed by atoms with Crippen LogP contribution in [0.1, 0.15) is 26.2 Å². The van der Waals surface area contributed by atoms with E-state index in [4.69, 9.17) is 9.47 Å². The van der Waals surface area contributed by atoms with Crippen LogP contribution in [0.3, 0.4) is 0 Å². The molecule has 0 bridgehead atoms. The molecule has 4 nitrogen and oxygen atoms in total. The molecule has 0 unspecified atom stereocenters. The first-order chi connectivity index (χ1) is 12.2. The summed E-state index contributed by atoms with van der Waals surface area (Å²) < 4.78 is 9.77. The molecule has 0 N–H and O–H groups in total. The summed E-state index contributed by atoms with van der Waals surface area (Å²) in [7, 11) is 1.18. The molecule has 0 aromatic heterocycles. The van der Waals surface area contributed by atoms with E-state index in [1.165, 1.54) is 14.2 Å². The van der Waals surface area contributed by atoms with E-state index in [9.17, 15) is 9.59 Å². The van der Waals surface area contributed by atoms with Crippen molar-refractivity contribution >= 4 is 20.0 Å². The first kappa shape index (κ1) is 26.4. The van der Waals surface area contributed by atoms with E-state index in [-0.39, 0.29) is 16.8 Å². The Kier molecular flexibility index (Phi) is 11.8. The Bertz CT molecular complexity index is 483. The Morgan fingerprint density at radius 1 is 1.00 bits per heavy atom. The van der Waals surface area contributed by atoms with Crippen molar-refractivity contribution in [2.75, 3.05) is 14.2 Å². The van der Waals surface area contributed by atoms with Gasteiger partial charge in [0.1, 0.15) is 0 Å². The van der Waals surface area contributed by atoms with Crippen LogP contribution in [0, 0.1) is 49.5 Å². The molecule has 0 saturated heterocycles. The summed E-state index contributed by atoms with van der Waals surface area (Å²) in [6.45, 7) is 8.76. The molecule has 0 heterocycles. The van der Waals surface area contributed by atoms with Crippen LogP contribution in [0.15, 0.2) is 11.6 Å². The third kappa shape index (κ3) is 7.74. The average molecular weight is 434 g/mol. The maximum absolute atomic E-state index is 12.2. The number of ether oxygens (including phenoxy) is 2. The molecule has 27 heavy (non-hydrogen) atoms. The van der Waals surface area contributed by atoms with E-state index < -0.39 is 25.4 Å². The summed E-state index contributed by atoms with van der Waals surface area (Å²) in [5.74, 6) is 0.0949. The second kappa shape index (κ2) is 12.1. The van der Waals surface area contributed by atoms with E-state index in [2.05, 4.69) is 38.7 Å². The minimum Gasteiger partial charge on any atom is -0.468 e. The zero-order valence-electron chi connectivity index (χ0n) is 17.1. The quantitative estimate of drug-likeness (QED) is 0.371. The monoisotopic (exact) mass is 434 g/mol. The average Bonchev–Trinajstić information content (AvgIpc) is 3.25. The molecule has 0 atom stereocenters. The molecule has 6 heteroatoms. The van der Waals surface area contributed by atoms with Crippen LogP contribution in [0.5, 0.6) is 0 Å². The number of carbonyl (C=O) groups is 2. The van der Waals surface area contributed by atoms with Gasteiger partial charge in [-0.25, -0.2) is 0 Å². The summed E-state index contributed by atoms with van der Waals surface area (Å²) in [6, 6.07) is 2.27. The van der Waals surface area contributed by atoms with Crippen molar-refractivity contribution in [2.45, 2.75) is 45.8 Å². The molecule has 2 aliphatic carbocycles. The van der Waals surface area contributed by atoms with Crippen LogP contribution < -0.4 is 0 Å². The van der Waals surface area contributed by atoms with Crippen molar-refractivity contribution in [2.24, 2.45) is 5.41 Å². The van der Waals surface area contributed by atoms with Crippen LogP contribution in [-0.4, -0.2) is 34.2 Å². The van der Waals surface area contributed by atoms with Gasteiger partial charge in [-0.1, -0.05) is 38.2 Å². The fourth-order valence-corrected chi connectivity index (χ4v) is 4.47. The van der Waals surface area contributed by atoms with E-state index in [0.29, 0.717) is 12.8 Å². The van der Waals surface area contributed by atoms with Crippen molar-refractivity contribution in [1.29, 1.82) is 0 Å². The fraction of sp³-hybridized carbons (Fsp3) is 0.476. The summed E-state index contributed by atoms with van der Waals surface area (Å²) >= 11 is 0. The summed E-state index contributed by atoms with van der Waals surface area (Å²) in [6.07, 6.45) is 13.7. The van der Waals surface area contributed by atoms with Crippen LogP contribution >= 0.6 is 0 Å². The van der Waals surface area contributed by atoms with Crippen LogP contribution in [-0.2, 0) is 35.8 Å². The molecule has 2 saturated carbocycles. The Balaban J connectivity index is 0.000000969. The second-order valence-corrected chi connectivity index (χ2v) is 12.6.